The average molecular weight is 458 g/mol. The second-order valence-corrected chi connectivity index (χ2v) is 5.47. The predicted octanol–water partition coefficient (Wildman–Crippen LogP) is 3.27. The van der Waals surface area contributed by atoms with Gasteiger partial charge in [0.1, 0.15) is 5.75 Å². The summed E-state index contributed by atoms with van der Waals surface area (Å²) in [5, 5.41) is 2.86. The van der Waals surface area contributed by atoms with Gasteiger partial charge in [0.25, 0.3) is 0 Å². The molecule has 1 aromatic carbocycles. The van der Waals surface area contributed by atoms with Crippen LogP contribution < -0.4 is 15.8 Å². The summed E-state index contributed by atoms with van der Waals surface area (Å²) >= 11 is 0. The maximum absolute atomic E-state index is 12.1. The van der Waals surface area contributed by atoms with Gasteiger partial charge in [-0.25, -0.2) is 0 Å². The highest BCUT2D eigenvalue weighted by Crippen LogP contribution is 2.23. The Morgan fingerprint density at radius 2 is 2.04 bits per heavy atom. The van der Waals surface area contributed by atoms with Crippen LogP contribution in [0.3, 0.4) is 0 Å². The molecule has 0 bridgehead atoms. The van der Waals surface area contributed by atoms with Crippen LogP contribution in [0.5, 0.6) is 5.75 Å². The first-order valence-corrected chi connectivity index (χ1v) is 7.51. The van der Waals surface area contributed by atoms with Crippen molar-refractivity contribution in [3.05, 3.63) is 24.3 Å². The van der Waals surface area contributed by atoms with E-state index in [0.29, 0.717) is 18.2 Å². The van der Waals surface area contributed by atoms with E-state index in [9.17, 15) is 13.2 Å². The molecule has 1 fully saturated rings. The number of nitrogens with zero attached hydrogens (tertiary/aromatic N) is 2. The lowest BCUT2D eigenvalue weighted by Crippen LogP contribution is -2.25. The average Bonchev–Trinajstić information content (AvgIpc) is 2.94. The Morgan fingerprint density at radius 1 is 1.38 bits per heavy atom. The van der Waals surface area contributed by atoms with Gasteiger partial charge in [0.05, 0.1) is 0 Å². The number of likely N-dealkylation sites (tertiary alicyclic amines) is 1. The van der Waals surface area contributed by atoms with Crippen molar-refractivity contribution in [2.75, 3.05) is 31.5 Å². The number of guanidine groups is 1. The summed E-state index contributed by atoms with van der Waals surface area (Å²) in [6.07, 6.45) is -3.59. The van der Waals surface area contributed by atoms with E-state index in [1.165, 1.54) is 24.3 Å². The van der Waals surface area contributed by atoms with Gasteiger partial charge in [0.2, 0.25) is 0 Å². The van der Waals surface area contributed by atoms with Crippen molar-refractivity contribution in [2.24, 2.45) is 16.6 Å². The van der Waals surface area contributed by atoms with E-state index in [4.69, 9.17) is 5.73 Å². The normalized spacial score (nSPS) is 19.0. The maximum atomic E-state index is 12.1. The van der Waals surface area contributed by atoms with E-state index in [-0.39, 0.29) is 35.7 Å². The van der Waals surface area contributed by atoms with Crippen LogP contribution in [-0.2, 0) is 0 Å². The number of anilines is 1. The van der Waals surface area contributed by atoms with Crippen LogP contribution in [0.4, 0.5) is 18.9 Å². The molecule has 0 radical (unpaired) electrons. The van der Waals surface area contributed by atoms with Crippen molar-refractivity contribution in [3.63, 3.8) is 0 Å². The van der Waals surface area contributed by atoms with Crippen molar-refractivity contribution in [1.82, 2.24) is 4.90 Å². The third-order valence-electron chi connectivity index (χ3n) is 3.70. The summed E-state index contributed by atoms with van der Waals surface area (Å²) in [6.45, 7) is 5.93. The number of rotatable bonds is 5. The van der Waals surface area contributed by atoms with E-state index in [2.05, 4.69) is 26.9 Å². The van der Waals surface area contributed by atoms with Gasteiger partial charge in [-0.15, -0.1) is 37.1 Å². The zero-order chi connectivity index (χ0) is 16.9. The number of nitrogens with two attached hydrogens (primary N) is 1. The zero-order valence-corrected chi connectivity index (χ0v) is 15.7. The summed E-state index contributed by atoms with van der Waals surface area (Å²) in [7, 11) is 0. The minimum absolute atomic E-state index is 0. The Labute approximate surface area is 156 Å². The number of ether oxygens (including phenoxy) is 1. The molecule has 1 heterocycles. The van der Waals surface area contributed by atoms with Gasteiger partial charge >= 0.3 is 6.36 Å². The fourth-order valence-electron chi connectivity index (χ4n) is 2.50. The summed E-state index contributed by atoms with van der Waals surface area (Å²) in [6, 6.07) is 5.36. The molecule has 1 saturated heterocycles. The standard InChI is InChI=1S/C15H21F3N4O.HI/c1-2-22-8-7-11(10-22)9-20-14(19)21-12-3-5-13(6-4-12)23-15(16,17)18;/h3-6,11H,2,7-10H2,1H3,(H3,19,20,21);1H. The monoisotopic (exact) mass is 458 g/mol. The molecule has 0 spiro atoms. The fraction of sp³-hybridized carbons (Fsp3) is 0.533. The fourth-order valence-corrected chi connectivity index (χ4v) is 2.50. The molecule has 9 heteroatoms. The van der Waals surface area contributed by atoms with Crippen LogP contribution in [0.15, 0.2) is 29.3 Å². The second kappa shape index (κ2) is 9.30. The molecule has 0 saturated carbocycles. The maximum Gasteiger partial charge on any atom is 0.573 e. The second-order valence-electron chi connectivity index (χ2n) is 5.47. The Morgan fingerprint density at radius 3 is 2.58 bits per heavy atom. The molecule has 0 amide bonds. The van der Waals surface area contributed by atoms with Crippen LogP contribution in [0, 0.1) is 5.92 Å². The summed E-state index contributed by atoms with van der Waals surface area (Å²) < 4.78 is 40.0. The Bertz CT molecular complexity index is 537. The summed E-state index contributed by atoms with van der Waals surface area (Å²) in [5.41, 5.74) is 6.36. The highest BCUT2D eigenvalue weighted by Gasteiger charge is 2.30. The first kappa shape index (κ1) is 20.8. The van der Waals surface area contributed by atoms with E-state index >= 15 is 0 Å². The molecule has 0 aromatic heterocycles. The highest BCUT2D eigenvalue weighted by atomic mass is 127. The molecule has 0 aliphatic carbocycles. The number of aliphatic imine (C=N–C) groups is 1. The number of nitrogens with one attached hydrogen (secondary N) is 1. The number of hydrogen-bond donors (Lipinski definition) is 2. The Kier molecular flexibility index (Phi) is 8.07. The molecule has 1 aromatic rings. The van der Waals surface area contributed by atoms with E-state index in [0.717, 1.165) is 26.1 Å². The molecule has 1 aliphatic rings. The Hall–Kier alpha value is -1.23. The lowest BCUT2D eigenvalue weighted by Gasteiger charge is -2.12. The molecule has 1 unspecified atom stereocenters. The molecule has 5 nitrogen and oxygen atoms in total. The van der Waals surface area contributed by atoms with Crippen molar-refractivity contribution in [2.45, 2.75) is 19.7 Å². The molecule has 24 heavy (non-hydrogen) atoms. The Balaban J connectivity index is 0.00000288. The SMILES string of the molecule is CCN1CCC(CN=C(N)Nc2ccc(OC(F)(F)F)cc2)C1.I. The largest absolute Gasteiger partial charge is 0.573 e. The number of hydrogen-bond acceptors (Lipinski definition) is 3. The number of alkyl halides is 3. The van der Waals surface area contributed by atoms with Gasteiger partial charge in [-0.1, -0.05) is 6.92 Å². The minimum atomic E-state index is -4.69. The molecular formula is C15H22F3IN4O. The highest BCUT2D eigenvalue weighted by molar-refractivity contribution is 14.0. The molecule has 1 aliphatic heterocycles. The van der Waals surface area contributed by atoms with E-state index in [1.54, 1.807) is 0 Å². The van der Waals surface area contributed by atoms with Crippen molar-refractivity contribution in [1.29, 1.82) is 0 Å². The predicted molar refractivity (Wildman–Crippen MR) is 98.9 cm³/mol. The van der Waals surface area contributed by atoms with Gasteiger partial charge in [-0.2, -0.15) is 0 Å². The van der Waals surface area contributed by atoms with Gasteiger partial charge < -0.3 is 20.7 Å². The van der Waals surface area contributed by atoms with Crippen molar-refractivity contribution >= 4 is 35.6 Å². The lowest BCUT2D eigenvalue weighted by atomic mass is 10.1. The van der Waals surface area contributed by atoms with E-state index < -0.39 is 6.36 Å². The summed E-state index contributed by atoms with van der Waals surface area (Å²) in [4.78, 5) is 6.66. The summed E-state index contributed by atoms with van der Waals surface area (Å²) in [5.74, 6) is 0.478. The van der Waals surface area contributed by atoms with Crippen LogP contribution >= 0.6 is 24.0 Å². The molecule has 2 rings (SSSR count). The lowest BCUT2D eigenvalue weighted by molar-refractivity contribution is -0.274. The first-order chi connectivity index (χ1) is 10.9. The van der Waals surface area contributed by atoms with Crippen molar-refractivity contribution in [3.8, 4) is 5.75 Å². The van der Waals surface area contributed by atoms with Crippen LogP contribution in [0.25, 0.3) is 0 Å². The van der Waals surface area contributed by atoms with Crippen LogP contribution in [0.2, 0.25) is 0 Å². The van der Waals surface area contributed by atoms with Crippen LogP contribution in [-0.4, -0.2) is 43.4 Å². The smallest absolute Gasteiger partial charge is 0.406 e. The van der Waals surface area contributed by atoms with Gasteiger partial charge in [0, 0.05) is 18.8 Å². The minimum Gasteiger partial charge on any atom is -0.406 e. The number of benzene rings is 1. The zero-order valence-electron chi connectivity index (χ0n) is 13.3. The molecule has 136 valence electrons. The first-order valence-electron chi connectivity index (χ1n) is 7.51. The third kappa shape index (κ3) is 7.12. The number of halogens is 4. The van der Waals surface area contributed by atoms with Gasteiger partial charge in [-0.3, -0.25) is 4.99 Å². The van der Waals surface area contributed by atoms with E-state index in [1.807, 2.05) is 0 Å². The van der Waals surface area contributed by atoms with Crippen LogP contribution in [0.1, 0.15) is 13.3 Å². The molecule has 3 N–H and O–H groups in total. The topological polar surface area (TPSA) is 62.9 Å². The molecule has 1 atom stereocenters. The van der Waals surface area contributed by atoms with Gasteiger partial charge in [-0.05, 0) is 49.7 Å². The van der Waals surface area contributed by atoms with Gasteiger partial charge in [0.15, 0.2) is 5.96 Å². The molecular weight excluding hydrogens is 436 g/mol. The quantitative estimate of drug-likeness (QED) is 0.404. The van der Waals surface area contributed by atoms with Crippen molar-refractivity contribution < 1.29 is 17.9 Å². The third-order valence-corrected chi connectivity index (χ3v) is 3.70.